The van der Waals surface area contributed by atoms with E-state index in [1.54, 1.807) is 4.40 Å². The van der Waals surface area contributed by atoms with Crippen LogP contribution in [0.1, 0.15) is 19.4 Å². The minimum absolute atomic E-state index is 0.0951. The van der Waals surface area contributed by atoms with E-state index < -0.39 is 0 Å². The van der Waals surface area contributed by atoms with E-state index in [1.165, 1.54) is 0 Å². The Morgan fingerprint density at radius 3 is 2.58 bits per heavy atom. The fourth-order valence-corrected chi connectivity index (χ4v) is 4.00. The zero-order valence-corrected chi connectivity index (χ0v) is 17.1. The molecule has 0 bridgehead atoms. The van der Waals surface area contributed by atoms with Gasteiger partial charge in [-0.15, -0.1) is 0 Å². The Morgan fingerprint density at radius 2 is 1.84 bits per heavy atom. The molecule has 4 aromatic rings. The van der Waals surface area contributed by atoms with Crippen LogP contribution in [0.5, 0.6) is 11.6 Å². The van der Waals surface area contributed by atoms with Gasteiger partial charge in [0.25, 0.3) is 0 Å². The molecular weight excluding hydrogens is 388 g/mol. The Bertz CT molecular complexity index is 1550. The van der Waals surface area contributed by atoms with Crippen molar-refractivity contribution in [2.24, 2.45) is 0 Å². The Kier molecular flexibility index (Phi) is 4.31. The molecule has 0 fully saturated rings. The van der Waals surface area contributed by atoms with E-state index in [4.69, 9.17) is 9.72 Å². The second-order valence-electron chi connectivity index (χ2n) is 7.15. The van der Waals surface area contributed by atoms with Gasteiger partial charge in [-0.25, -0.2) is 4.98 Å². The topological polar surface area (TPSA) is 90.2 Å². The molecule has 0 aliphatic carbocycles. The molecule has 1 aliphatic heterocycles. The van der Waals surface area contributed by atoms with Crippen LogP contribution in [0.3, 0.4) is 0 Å². The van der Waals surface area contributed by atoms with Crippen molar-refractivity contribution in [3.63, 3.8) is 0 Å². The number of rotatable bonds is 3. The Balaban J connectivity index is 1.87. The fourth-order valence-electron chi connectivity index (χ4n) is 4.00. The van der Waals surface area contributed by atoms with Gasteiger partial charge in [-0.3, -0.25) is 4.40 Å². The van der Waals surface area contributed by atoms with Crippen LogP contribution in [0.4, 0.5) is 5.69 Å². The monoisotopic (exact) mass is 406 g/mol. The minimum atomic E-state index is -0.0951. The number of anilines is 1. The van der Waals surface area contributed by atoms with Gasteiger partial charge in [0, 0.05) is 30.4 Å². The lowest BCUT2D eigenvalue weighted by Gasteiger charge is -2.23. The number of hydrogen-bond donors (Lipinski definition) is 0. The highest BCUT2D eigenvalue weighted by molar-refractivity contribution is 5.83. The summed E-state index contributed by atoms with van der Waals surface area (Å²) < 4.78 is 7.94. The second kappa shape index (κ2) is 7.16. The SMILES string of the molecule is CCN(CC)c1ccc2c(c1)Oc1nc(=C(C#N)C#N)n3c(nc4ccccc43)c1=C2. The highest BCUT2D eigenvalue weighted by Crippen LogP contribution is 2.31. The molecule has 3 heterocycles. The van der Waals surface area contributed by atoms with Crippen molar-refractivity contribution in [1.82, 2.24) is 14.4 Å². The summed E-state index contributed by atoms with van der Waals surface area (Å²) in [5.41, 5.74) is 4.26. The van der Waals surface area contributed by atoms with Gasteiger partial charge in [0.1, 0.15) is 17.9 Å². The second-order valence-corrected chi connectivity index (χ2v) is 7.15. The van der Waals surface area contributed by atoms with Crippen LogP contribution in [-0.2, 0) is 0 Å². The van der Waals surface area contributed by atoms with Gasteiger partial charge in [0.15, 0.2) is 16.7 Å². The molecule has 0 saturated carbocycles. The third-order valence-corrected chi connectivity index (χ3v) is 5.53. The number of benzene rings is 2. The molecule has 0 spiro atoms. The standard InChI is InChI=1S/C24H18N6O/c1-3-29(4-2)17-10-9-15-11-18-23-27-19-7-5-6-8-20(19)30(23)22(16(13-25)14-26)28-24(18)31-21(15)12-17/h5-12H,3-4H2,1-2H3. The zero-order valence-electron chi connectivity index (χ0n) is 17.1. The van der Waals surface area contributed by atoms with E-state index in [0.717, 1.165) is 40.6 Å². The number of nitrogens with zero attached hydrogens (tertiary/aromatic N) is 6. The van der Waals surface area contributed by atoms with E-state index in [1.807, 2.05) is 54.6 Å². The highest BCUT2D eigenvalue weighted by Gasteiger charge is 2.20. The van der Waals surface area contributed by atoms with Gasteiger partial charge >= 0.3 is 0 Å². The molecule has 0 amide bonds. The summed E-state index contributed by atoms with van der Waals surface area (Å²) in [5, 5.41) is 19.8. The van der Waals surface area contributed by atoms with Gasteiger partial charge in [-0.1, -0.05) is 12.1 Å². The maximum Gasteiger partial charge on any atom is 0.232 e. The molecule has 7 heteroatoms. The molecule has 0 unspecified atom stereocenters. The minimum Gasteiger partial charge on any atom is -0.437 e. The zero-order chi connectivity index (χ0) is 21.5. The molecule has 150 valence electrons. The smallest absolute Gasteiger partial charge is 0.232 e. The van der Waals surface area contributed by atoms with Gasteiger partial charge in [0.05, 0.1) is 16.3 Å². The largest absolute Gasteiger partial charge is 0.437 e. The molecular formula is C24H18N6O. The first-order valence-corrected chi connectivity index (χ1v) is 10.1. The van der Waals surface area contributed by atoms with Crippen molar-refractivity contribution in [2.75, 3.05) is 18.0 Å². The molecule has 0 atom stereocenters. The first kappa shape index (κ1) is 18.7. The average molecular weight is 406 g/mol. The van der Waals surface area contributed by atoms with E-state index in [2.05, 4.69) is 29.8 Å². The number of hydrogen-bond acceptors (Lipinski definition) is 6. The van der Waals surface area contributed by atoms with E-state index in [0.29, 0.717) is 17.3 Å². The molecule has 1 aliphatic rings. The van der Waals surface area contributed by atoms with Crippen LogP contribution in [0.15, 0.2) is 42.5 Å². The fraction of sp³-hybridized carbons (Fsp3) is 0.167. The van der Waals surface area contributed by atoms with Crippen molar-refractivity contribution in [3.05, 3.63) is 58.7 Å². The summed E-state index contributed by atoms with van der Waals surface area (Å²) in [6.07, 6.45) is 2.00. The van der Waals surface area contributed by atoms with E-state index >= 15 is 0 Å². The van der Waals surface area contributed by atoms with Crippen molar-refractivity contribution < 1.29 is 4.74 Å². The van der Waals surface area contributed by atoms with Gasteiger partial charge in [0.2, 0.25) is 5.88 Å². The molecule has 31 heavy (non-hydrogen) atoms. The molecule has 2 aromatic carbocycles. The normalized spacial score (nSPS) is 11.6. The summed E-state index contributed by atoms with van der Waals surface area (Å²) in [6.45, 7) is 6.00. The Labute approximate surface area is 178 Å². The average Bonchev–Trinajstić information content (AvgIpc) is 3.19. The lowest BCUT2D eigenvalue weighted by Crippen LogP contribution is -2.29. The third-order valence-electron chi connectivity index (χ3n) is 5.53. The maximum atomic E-state index is 9.52. The molecule has 7 nitrogen and oxygen atoms in total. The predicted octanol–water partition coefficient (Wildman–Crippen LogP) is 2.86. The summed E-state index contributed by atoms with van der Waals surface area (Å²) in [4.78, 5) is 11.6. The van der Waals surface area contributed by atoms with Gasteiger partial charge < -0.3 is 9.64 Å². The maximum absolute atomic E-state index is 9.52. The van der Waals surface area contributed by atoms with Gasteiger partial charge in [-0.05, 0) is 44.2 Å². The Hall–Kier alpha value is -4.36. The highest BCUT2D eigenvalue weighted by atomic mass is 16.5. The van der Waals surface area contributed by atoms with Crippen LogP contribution >= 0.6 is 0 Å². The number of para-hydroxylation sites is 2. The lowest BCUT2D eigenvalue weighted by atomic mass is 10.1. The van der Waals surface area contributed by atoms with E-state index in [-0.39, 0.29) is 11.1 Å². The van der Waals surface area contributed by atoms with Crippen LogP contribution < -0.4 is 20.3 Å². The van der Waals surface area contributed by atoms with Crippen LogP contribution in [0.2, 0.25) is 0 Å². The summed E-state index contributed by atoms with van der Waals surface area (Å²) in [5.74, 6) is 1.02. The van der Waals surface area contributed by atoms with Crippen LogP contribution in [0, 0.1) is 22.7 Å². The summed E-state index contributed by atoms with van der Waals surface area (Å²) in [7, 11) is 0. The first-order valence-electron chi connectivity index (χ1n) is 10.1. The number of fused-ring (bicyclic) bond motifs is 6. The van der Waals surface area contributed by atoms with Crippen LogP contribution in [-0.4, -0.2) is 27.5 Å². The third kappa shape index (κ3) is 2.79. The van der Waals surface area contributed by atoms with Crippen molar-refractivity contribution in [1.29, 1.82) is 10.5 Å². The van der Waals surface area contributed by atoms with Gasteiger partial charge in [-0.2, -0.15) is 15.5 Å². The molecule has 0 N–H and O–H groups in total. The van der Waals surface area contributed by atoms with Crippen molar-refractivity contribution in [3.8, 4) is 23.8 Å². The quantitative estimate of drug-likeness (QED) is 0.458. The number of aromatic nitrogens is 3. The van der Waals surface area contributed by atoms with Crippen molar-refractivity contribution in [2.45, 2.75) is 13.8 Å². The molecule has 2 aromatic heterocycles. The van der Waals surface area contributed by atoms with Crippen LogP contribution in [0.25, 0.3) is 28.3 Å². The number of imidazole rings is 1. The molecule has 0 radical (unpaired) electrons. The summed E-state index contributed by atoms with van der Waals surface area (Å²) >= 11 is 0. The first-order chi connectivity index (χ1) is 15.2. The summed E-state index contributed by atoms with van der Waals surface area (Å²) in [6, 6.07) is 17.6. The predicted molar refractivity (Wildman–Crippen MR) is 118 cm³/mol. The molecule has 5 rings (SSSR count). The Morgan fingerprint density at radius 1 is 1.06 bits per heavy atom. The number of ether oxygens (including phenoxy) is 1. The lowest BCUT2D eigenvalue weighted by molar-refractivity contribution is 0.450. The van der Waals surface area contributed by atoms with E-state index in [9.17, 15) is 10.5 Å². The number of nitriles is 2. The van der Waals surface area contributed by atoms with Crippen molar-refractivity contribution >= 4 is 34.0 Å². The molecule has 0 saturated heterocycles.